The fourth-order valence-corrected chi connectivity index (χ4v) is 3.96. The molecule has 1 amide bonds. The minimum atomic E-state index is -3.52. The third kappa shape index (κ3) is 4.43. The largest absolute Gasteiger partial charge is 0.496 e. The lowest BCUT2D eigenvalue weighted by Crippen LogP contribution is -2.28. The molecule has 0 saturated heterocycles. The third-order valence-electron chi connectivity index (χ3n) is 5.06. The summed E-state index contributed by atoms with van der Waals surface area (Å²) < 4.78 is 54.4. The summed E-state index contributed by atoms with van der Waals surface area (Å²) in [7, 11) is -0.708. The molecule has 0 aliphatic carbocycles. The van der Waals surface area contributed by atoms with E-state index >= 15 is 0 Å². The number of ether oxygens (including phenoxy) is 2. The Balaban J connectivity index is 2.29. The minimum Gasteiger partial charge on any atom is -0.496 e. The van der Waals surface area contributed by atoms with Crippen LogP contribution in [0.3, 0.4) is 0 Å². The van der Waals surface area contributed by atoms with Gasteiger partial charge in [0.25, 0.3) is 0 Å². The Hall–Kier alpha value is -3.44. The summed E-state index contributed by atoms with van der Waals surface area (Å²) in [5.41, 5.74) is 5.91. The standard InChI is InChI=1S/C21H21FN2O7S/c1-11(24(2)32(4,27)28)14-9-17-15(10-16(14)29-3)18(20(25)31-21(23)26)19(30-17)12-5-7-13(22)8-6-12/h5-11H,1-4H3,(H2,23,26). The van der Waals surface area contributed by atoms with Gasteiger partial charge in [0.05, 0.1) is 19.4 Å². The molecule has 170 valence electrons. The first-order valence-electron chi connectivity index (χ1n) is 9.29. The van der Waals surface area contributed by atoms with Crippen LogP contribution in [0.25, 0.3) is 22.3 Å². The summed E-state index contributed by atoms with van der Waals surface area (Å²) in [5.74, 6) is -1.26. The fourth-order valence-electron chi connectivity index (χ4n) is 3.27. The van der Waals surface area contributed by atoms with E-state index in [1.165, 1.54) is 50.6 Å². The Morgan fingerprint density at radius 2 is 1.81 bits per heavy atom. The van der Waals surface area contributed by atoms with Crippen molar-refractivity contribution in [2.75, 3.05) is 20.4 Å². The molecule has 0 fully saturated rings. The zero-order valence-corrected chi connectivity index (χ0v) is 18.5. The number of hydrogen-bond donors (Lipinski definition) is 1. The maximum Gasteiger partial charge on any atom is 0.412 e. The van der Waals surface area contributed by atoms with Gasteiger partial charge in [-0.25, -0.2) is 22.4 Å². The summed E-state index contributed by atoms with van der Waals surface area (Å²) in [6.07, 6.45) is -0.229. The number of hydrogen-bond acceptors (Lipinski definition) is 7. The Morgan fingerprint density at radius 1 is 1.19 bits per heavy atom. The number of carbonyl (C=O) groups is 2. The number of carbonyl (C=O) groups excluding carboxylic acids is 2. The van der Waals surface area contributed by atoms with Crippen LogP contribution in [-0.2, 0) is 14.8 Å². The van der Waals surface area contributed by atoms with Crippen molar-refractivity contribution < 1.29 is 36.3 Å². The van der Waals surface area contributed by atoms with Crippen LogP contribution in [0.4, 0.5) is 9.18 Å². The molecule has 1 heterocycles. The lowest BCUT2D eigenvalue weighted by molar-refractivity contribution is 0.0640. The number of benzene rings is 2. The summed E-state index contributed by atoms with van der Waals surface area (Å²) in [6.45, 7) is 1.66. The van der Waals surface area contributed by atoms with Crippen LogP contribution in [-0.4, -0.2) is 45.2 Å². The van der Waals surface area contributed by atoms with Gasteiger partial charge in [0.15, 0.2) is 0 Å². The average molecular weight is 464 g/mol. The number of nitrogens with zero attached hydrogens (tertiary/aromatic N) is 1. The number of methoxy groups -OCH3 is 1. The number of halogens is 1. The SMILES string of the molecule is COc1cc2c(C(=O)OC(N)=O)c(-c3ccc(F)cc3)oc2cc1C(C)N(C)S(C)(=O)=O. The number of fused-ring (bicyclic) bond motifs is 1. The molecule has 0 radical (unpaired) electrons. The number of sulfonamides is 1. The summed E-state index contributed by atoms with van der Waals surface area (Å²) in [4.78, 5) is 23.8. The molecule has 1 atom stereocenters. The average Bonchev–Trinajstić information content (AvgIpc) is 3.09. The maximum absolute atomic E-state index is 13.4. The molecule has 11 heteroatoms. The highest BCUT2D eigenvalue weighted by atomic mass is 32.2. The Bertz CT molecular complexity index is 1300. The molecule has 0 saturated carbocycles. The Labute approximate surface area is 183 Å². The third-order valence-corrected chi connectivity index (χ3v) is 6.43. The van der Waals surface area contributed by atoms with Crippen LogP contribution in [0.15, 0.2) is 40.8 Å². The lowest BCUT2D eigenvalue weighted by Gasteiger charge is -2.24. The maximum atomic E-state index is 13.4. The summed E-state index contributed by atoms with van der Waals surface area (Å²) >= 11 is 0. The molecular weight excluding hydrogens is 443 g/mol. The van der Waals surface area contributed by atoms with Crippen molar-refractivity contribution in [3.8, 4) is 17.1 Å². The van der Waals surface area contributed by atoms with E-state index in [9.17, 15) is 22.4 Å². The number of furan rings is 1. The number of primary amides is 1. The topological polar surface area (TPSA) is 129 Å². The zero-order chi connectivity index (χ0) is 23.8. The Morgan fingerprint density at radius 3 is 2.34 bits per heavy atom. The molecule has 3 aromatic rings. The smallest absolute Gasteiger partial charge is 0.412 e. The van der Waals surface area contributed by atoms with Gasteiger partial charge in [-0.05, 0) is 43.3 Å². The molecule has 0 aliphatic heterocycles. The highest BCUT2D eigenvalue weighted by Crippen LogP contribution is 2.40. The normalized spacial score (nSPS) is 12.7. The number of nitrogens with two attached hydrogens (primary N) is 1. The van der Waals surface area contributed by atoms with E-state index in [2.05, 4.69) is 4.74 Å². The Kier molecular flexibility index (Phi) is 6.24. The minimum absolute atomic E-state index is 0.0228. The van der Waals surface area contributed by atoms with Crippen molar-refractivity contribution in [1.29, 1.82) is 0 Å². The van der Waals surface area contributed by atoms with E-state index in [0.29, 0.717) is 11.1 Å². The first kappa shape index (κ1) is 23.2. The molecule has 9 nitrogen and oxygen atoms in total. The van der Waals surface area contributed by atoms with E-state index in [1.807, 2.05) is 0 Å². The van der Waals surface area contributed by atoms with Crippen molar-refractivity contribution in [3.63, 3.8) is 0 Å². The van der Waals surface area contributed by atoms with Gasteiger partial charge in [-0.1, -0.05) is 0 Å². The van der Waals surface area contributed by atoms with Gasteiger partial charge in [0.2, 0.25) is 10.0 Å². The van der Waals surface area contributed by atoms with Gasteiger partial charge >= 0.3 is 12.1 Å². The van der Waals surface area contributed by atoms with E-state index in [4.69, 9.17) is 14.9 Å². The van der Waals surface area contributed by atoms with Gasteiger partial charge in [0.1, 0.15) is 28.5 Å². The van der Waals surface area contributed by atoms with Gasteiger partial charge in [0, 0.05) is 23.6 Å². The van der Waals surface area contributed by atoms with Gasteiger partial charge < -0.3 is 19.6 Å². The predicted octanol–water partition coefficient (Wildman–Crippen LogP) is 3.44. The molecule has 2 N–H and O–H groups in total. The molecule has 2 aromatic carbocycles. The molecule has 3 rings (SSSR count). The van der Waals surface area contributed by atoms with Crippen LogP contribution >= 0.6 is 0 Å². The molecule has 0 bridgehead atoms. The second kappa shape index (κ2) is 8.60. The van der Waals surface area contributed by atoms with Crippen LogP contribution in [0, 0.1) is 5.82 Å². The first-order valence-corrected chi connectivity index (χ1v) is 11.1. The van der Waals surface area contributed by atoms with E-state index in [1.54, 1.807) is 6.92 Å². The second-order valence-electron chi connectivity index (χ2n) is 7.07. The summed E-state index contributed by atoms with van der Waals surface area (Å²) in [5, 5.41) is 0.241. The van der Waals surface area contributed by atoms with Gasteiger partial charge in [-0.2, -0.15) is 4.31 Å². The van der Waals surface area contributed by atoms with Crippen molar-refractivity contribution in [2.24, 2.45) is 5.73 Å². The second-order valence-corrected chi connectivity index (χ2v) is 9.11. The number of amides is 1. The fraction of sp³-hybridized carbons (Fsp3) is 0.238. The number of rotatable bonds is 6. The molecule has 0 aliphatic rings. The van der Waals surface area contributed by atoms with Crippen molar-refractivity contribution in [3.05, 3.63) is 53.3 Å². The molecule has 1 aromatic heterocycles. The quantitative estimate of drug-likeness (QED) is 0.437. The summed E-state index contributed by atoms with van der Waals surface area (Å²) in [6, 6.07) is 7.53. The zero-order valence-electron chi connectivity index (χ0n) is 17.7. The van der Waals surface area contributed by atoms with Crippen molar-refractivity contribution >= 4 is 33.1 Å². The van der Waals surface area contributed by atoms with E-state index < -0.39 is 33.9 Å². The highest BCUT2D eigenvalue weighted by molar-refractivity contribution is 7.88. The predicted molar refractivity (Wildman–Crippen MR) is 114 cm³/mol. The van der Waals surface area contributed by atoms with Gasteiger partial charge in [-0.3, -0.25) is 0 Å². The van der Waals surface area contributed by atoms with Gasteiger partial charge in [-0.15, -0.1) is 0 Å². The number of esters is 1. The van der Waals surface area contributed by atoms with Crippen LogP contribution in [0.1, 0.15) is 28.9 Å². The van der Waals surface area contributed by atoms with Crippen LogP contribution in [0.2, 0.25) is 0 Å². The molecule has 1 unspecified atom stereocenters. The molecule has 0 spiro atoms. The van der Waals surface area contributed by atoms with E-state index in [-0.39, 0.29) is 28.0 Å². The van der Waals surface area contributed by atoms with Crippen molar-refractivity contribution in [2.45, 2.75) is 13.0 Å². The molecule has 32 heavy (non-hydrogen) atoms. The molecular formula is C21H21FN2O7S. The lowest BCUT2D eigenvalue weighted by atomic mass is 10.0. The van der Waals surface area contributed by atoms with Crippen LogP contribution in [0.5, 0.6) is 5.75 Å². The van der Waals surface area contributed by atoms with Crippen molar-refractivity contribution in [1.82, 2.24) is 4.31 Å². The monoisotopic (exact) mass is 464 g/mol. The first-order chi connectivity index (χ1) is 14.9. The van der Waals surface area contributed by atoms with Crippen LogP contribution < -0.4 is 10.5 Å². The highest BCUT2D eigenvalue weighted by Gasteiger charge is 2.29. The van der Waals surface area contributed by atoms with E-state index in [0.717, 1.165) is 10.6 Å².